The molecule has 4 nitrogen and oxygen atoms in total. The predicted molar refractivity (Wildman–Crippen MR) is 82.1 cm³/mol. The molecule has 0 aliphatic heterocycles. The highest BCUT2D eigenvalue weighted by molar-refractivity contribution is 7.98. The van der Waals surface area contributed by atoms with E-state index in [0.29, 0.717) is 5.69 Å². The van der Waals surface area contributed by atoms with Crippen molar-refractivity contribution in [2.24, 2.45) is 11.3 Å². The molecule has 5 heteroatoms. The molecule has 0 spiro atoms. The van der Waals surface area contributed by atoms with E-state index in [-0.39, 0.29) is 18.2 Å². The molecule has 20 heavy (non-hydrogen) atoms. The molecular weight excluding hydrogens is 274 g/mol. The van der Waals surface area contributed by atoms with Crippen molar-refractivity contribution in [3.63, 3.8) is 0 Å². The summed E-state index contributed by atoms with van der Waals surface area (Å²) < 4.78 is 0. The minimum atomic E-state index is -1.05. The van der Waals surface area contributed by atoms with Crippen LogP contribution in [0.25, 0.3) is 0 Å². The van der Waals surface area contributed by atoms with Crippen molar-refractivity contribution in [2.45, 2.75) is 32.1 Å². The summed E-state index contributed by atoms with van der Waals surface area (Å²) in [6, 6.07) is 7.48. The van der Waals surface area contributed by atoms with Crippen LogP contribution in [0.2, 0.25) is 0 Å². The Balaban J connectivity index is 2.78. The van der Waals surface area contributed by atoms with Gasteiger partial charge < -0.3 is 10.4 Å². The number of carbonyl (C=O) groups is 2. The van der Waals surface area contributed by atoms with Gasteiger partial charge in [-0.3, -0.25) is 9.59 Å². The summed E-state index contributed by atoms with van der Waals surface area (Å²) in [7, 11) is 0. The standard InChI is InChI=1S/C15H21NO3S/c1-10(2)15(3,14(18)19)9-13(17)16-11-6-5-7-12(8-11)20-4/h5-8,10H,9H2,1-4H3,(H,16,17)(H,18,19). The van der Waals surface area contributed by atoms with Crippen molar-refractivity contribution in [3.8, 4) is 0 Å². The topological polar surface area (TPSA) is 66.4 Å². The van der Waals surface area contributed by atoms with Gasteiger partial charge in [0.05, 0.1) is 5.41 Å². The first-order valence-electron chi connectivity index (χ1n) is 6.47. The minimum absolute atomic E-state index is 0.0382. The van der Waals surface area contributed by atoms with Gasteiger partial charge in [-0.25, -0.2) is 0 Å². The van der Waals surface area contributed by atoms with Crippen LogP contribution in [0.5, 0.6) is 0 Å². The molecule has 0 fully saturated rings. The Kier molecular flexibility index (Phi) is 5.62. The van der Waals surface area contributed by atoms with E-state index in [1.165, 1.54) is 0 Å². The fraction of sp³-hybridized carbons (Fsp3) is 0.467. The summed E-state index contributed by atoms with van der Waals surface area (Å²) in [5, 5.41) is 12.1. The molecule has 2 N–H and O–H groups in total. The van der Waals surface area contributed by atoms with Gasteiger partial charge in [0, 0.05) is 17.0 Å². The number of carboxylic acids is 1. The Bertz CT molecular complexity index is 502. The van der Waals surface area contributed by atoms with Crippen LogP contribution >= 0.6 is 11.8 Å². The van der Waals surface area contributed by atoms with Crippen LogP contribution in [0, 0.1) is 11.3 Å². The smallest absolute Gasteiger partial charge is 0.310 e. The van der Waals surface area contributed by atoms with Crippen LogP contribution < -0.4 is 5.32 Å². The third-order valence-electron chi connectivity index (χ3n) is 3.64. The predicted octanol–water partition coefficient (Wildman–Crippen LogP) is 3.48. The van der Waals surface area contributed by atoms with Gasteiger partial charge in [-0.2, -0.15) is 0 Å². The zero-order valence-electron chi connectivity index (χ0n) is 12.3. The number of carboxylic acid groups (broad SMARTS) is 1. The van der Waals surface area contributed by atoms with Gasteiger partial charge in [0.25, 0.3) is 0 Å². The number of benzene rings is 1. The summed E-state index contributed by atoms with van der Waals surface area (Å²) in [6.07, 6.45) is 1.92. The van der Waals surface area contributed by atoms with Crippen LogP contribution in [-0.4, -0.2) is 23.2 Å². The number of carbonyl (C=O) groups excluding carboxylic acids is 1. The van der Waals surface area contributed by atoms with Crippen LogP contribution in [0.1, 0.15) is 27.2 Å². The maximum atomic E-state index is 12.1. The fourth-order valence-corrected chi connectivity index (χ4v) is 2.23. The molecule has 0 saturated carbocycles. The van der Waals surface area contributed by atoms with Crippen LogP contribution in [0.15, 0.2) is 29.2 Å². The van der Waals surface area contributed by atoms with Gasteiger partial charge >= 0.3 is 5.97 Å². The third kappa shape index (κ3) is 4.00. The Hall–Kier alpha value is -1.49. The summed E-state index contributed by atoms with van der Waals surface area (Å²) in [4.78, 5) is 24.5. The highest BCUT2D eigenvalue weighted by Gasteiger charge is 2.38. The Morgan fingerprint density at radius 2 is 2.05 bits per heavy atom. The molecule has 1 aromatic rings. The second-order valence-corrected chi connectivity index (χ2v) is 6.21. The average molecular weight is 295 g/mol. The first-order chi connectivity index (χ1) is 9.29. The lowest BCUT2D eigenvalue weighted by Gasteiger charge is -2.28. The zero-order chi connectivity index (χ0) is 15.3. The van der Waals surface area contributed by atoms with Crippen LogP contribution in [-0.2, 0) is 9.59 Å². The largest absolute Gasteiger partial charge is 0.481 e. The monoisotopic (exact) mass is 295 g/mol. The van der Waals surface area contributed by atoms with Crippen molar-refractivity contribution < 1.29 is 14.7 Å². The lowest BCUT2D eigenvalue weighted by molar-refractivity contribution is -0.153. The molecule has 0 aliphatic carbocycles. The van der Waals surface area contributed by atoms with Gasteiger partial charge in [0.1, 0.15) is 0 Å². The first-order valence-corrected chi connectivity index (χ1v) is 7.69. The van der Waals surface area contributed by atoms with Crippen molar-refractivity contribution in [1.29, 1.82) is 0 Å². The quantitative estimate of drug-likeness (QED) is 0.788. The summed E-state index contributed by atoms with van der Waals surface area (Å²) in [6.45, 7) is 5.24. The van der Waals surface area contributed by atoms with Crippen molar-refractivity contribution in [2.75, 3.05) is 11.6 Å². The SMILES string of the molecule is CSc1cccc(NC(=O)CC(C)(C(=O)O)C(C)C)c1. The summed E-state index contributed by atoms with van der Waals surface area (Å²) in [5.41, 5.74) is -0.361. The van der Waals surface area contributed by atoms with Gasteiger partial charge in [0.2, 0.25) is 5.91 Å². The maximum Gasteiger partial charge on any atom is 0.310 e. The third-order valence-corrected chi connectivity index (χ3v) is 4.37. The molecule has 0 saturated heterocycles. The summed E-state index contributed by atoms with van der Waals surface area (Å²) >= 11 is 1.59. The highest BCUT2D eigenvalue weighted by Crippen LogP contribution is 2.32. The molecule has 0 bridgehead atoms. The summed E-state index contributed by atoms with van der Waals surface area (Å²) in [5.74, 6) is -1.34. The number of aliphatic carboxylic acids is 1. The lowest BCUT2D eigenvalue weighted by atomic mass is 9.76. The number of thioether (sulfide) groups is 1. The van der Waals surface area contributed by atoms with E-state index in [1.807, 2.05) is 38.3 Å². The molecule has 0 radical (unpaired) electrons. The van der Waals surface area contributed by atoms with Crippen molar-refractivity contribution in [1.82, 2.24) is 0 Å². The van der Waals surface area contributed by atoms with E-state index in [1.54, 1.807) is 24.8 Å². The molecule has 1 atom stereocenters. The van der Waals surface area contributed by atoms with Crippen molar-refractivity contribution >= 4 is 29.3 Å². The molecule has 0 heterocycles. The first kappa shape index (κ1) is 16.6. The van der Waals surface area contributed by atoms with Crippen molar-refractivity contribution in [3.05, 3.63) is 24.3 Å². The molecule has 110 valence electrons. The lowest BCUT2D eigenvalue weighted by Crippen LogP contribution is -2.37. The fourth-order valence-electron chi connectivity index (χ4n) is 1.77. The van der Waals surface area contributed by atoms with Gasteiger partial charge in [-0.05, 0) is 37.3 Å². The van der Waals surface area contributed by atoms with E-state index in [2.05, 4.69) is 5.32 Å². The number of amides is 1. The normalized spacial score (nSPS) is 13.8. The van der Waals surface area contributed by atoms with Gasteiger partial charge in [-0.15, -0.1) is 11.8 Å². The van der Waals surface area contributed by atoms with Crippen LogP contribution in [0.3, 0.4) is 0 Å². The molecule has 1 rings (SSSR count). The Morgan fingerprint density at radius 3 is 2.55 bits per heavy atom. The minimum Gasteiger partial charge on any atom is -0.481 e. The molecular formula is C15H21NO3S. The van der Waals surface area contributed by atoms with Gasteiger partial charge in [0.15, 0.2) is 0 Å². The van der Waals surface area contributed by atoms with Crippen LogP contribution in [0.4, 0.5) is 5.69 Å². The molecule has 1 unspecified atom stereocenters. The van der Waals surface area contributed by atoms with E-state index in [0.717, 1.165) is 4.90 Å². The highest BCUT2D eigenvalue weighted by atomic mass is 32.2. The van der Waals surface area contributed by atoms with E-state index < -0.39 is 11.4 Å². The second kappa shape index (κ2) is 6.79. The zero-order valence-corrected chi connectivity index (χ0v) is 13.1. The number of rotatable bonds is 6. The van der Waals surface area contributed by atoms with Gasteiger partial charge in [-0.1, -0.05) is 19.9 Å². The second-order valence-electron chi connectivity index (χ2n) is 5.33. The molecule has 0 aromatic heterocycles. The number of hydrogen-bond acceptors (Lipinski definition) is 3. The van der Waals surface area contributed by atoms with E-state index in [9.17, 15) is 14.7 Å². The number of anilines is 1. The van der Waals surface area contributed by atoms with E-state index >= 15 is 0 Å². The maximum absolute atomic E-state index is 12.1. The number of nitrogens with one attached hydrogen (secondary N) is 1. The average Bonchev–Trinajstić information content (AvgIpc) is 2.38. The Morgan fingerprint density at radius 1 is 1.40 bits per heavy atom. The number of hydrogen-bond donors (Lipinski definition) is 2. The van der Waals surface area contributed by atoms with E-state index in [4.69, 9.17) is 0 Å². The Labute approximate surface area is 124 Å². The molecule has 1 amide bonds. The molecule has 0 aliphatic rings. The molecule has 1 aromatic carbocycles.